The summed E-state index contributed by atoms with van der Waals surface area (Å²) in [4.78, 5) is 16.0. The van der Waals surface area contributed by atoms with Crippen molar-refractivity contribution in [2.45, 2.75) is 19.8 Å². The number of nitrogens with one attached hydrogen (secondary N) is 1. The van der Waals surface area contributed by atoms with Gasteiger partial charge >= 0.3 is 0 Å². The minimum absolute atomic E-state index is 0.246. The van der Waals surface area contributed by atoms with E-state index < -0.39 is 0 Å². The molecule has 0 fully saturated rings. The first-order chi connectivity index (χ1) is 8.56. The molecule has 0 saturated heterocycles. The van der Waals surface area contributed by atoms with Crippen molar-refractivity contribution in [3.05, 3.63) is 41.9 Å². The van der Waals surface area contributed by atoms with Gasteiger partial charge in [-0.15, -0.1) is 0 Å². The first-order valence-electron chi connectivity index (χ1n) is 5.83. The van der Waals surface area contributed by atoms with Gasteiger partial charge in [0.2, 0.25) is 0 Å². The van der Waals surface area contributed by atoms with Gasteiger partial charge in [0, 0.05) is 19.4 Å². The summed E-state index contributed by atoms with van der Waals surface area (Å²) >= 11 is 0. The molecular weight excluding hydrogens is 228 g/mol. The molecule has 1 amide bonds. The highest BCUT2D eigenvalue weighted by molar-refractivity contribution is 6.02. The zero-order valence-corrected chi connectivity index (χ0v) is 10.7. The first-order valence-corrected chi connectivity index (χ1v) is 5.83. The van der Waals surface area contributed by atoms with Gasteiger partial charge in [-0.25, -0.2) is 4.98 Å². The van der Waals surface area contributed by atoms with Gasteiger partial charge < -0.3 is 5.32 Å². The standard InChI is InChI=1S/C13H16N4O/c1-9(2)10-4-6-14-12(8-10)15-13(18)11-5-7-17(3)16-11/h4-9H,1-3H3,(H,14,15,18). The summed E-state index contributed by atoms with van der Waals surface area (Å²) in [5.41, 5.74) is 1.52. The van der Waals surface area contributed by atoms with E-state index in [4.69, 9.17) is 0 Å². The second-order valence-electron chi connectivity index (χ2n) is 4.46. The third-order valence-corrected chi connectivity index (χ3v) is 2.64. The number of pyridine rings is 1. The first kappa shape index (κ1) is 12.3. The second kappa shape index (κ2) is 5.00. The van der Waals surface area contributed by atoms with Crippen LogP contribution in [0.1, 0.15) is 35.8 Å². The molecule has 5 heteroatoms. The lowest BCUT2D eigenvalue weighted by molar-refractivity contribution is 0.102. The van der Waals surface area contributed by atoms with Crippen LogP contribution in [0.4, 0.5) is 5.82 Å². The lowest BCUT2D eigenvalue weighted by Crippen LogP contribution is -2.14. The number of hydrogen-bond acceptors (Lipinski definition) is 3. The van der Waals surface area contributed by atoms with Gasteiger partial charge in [-0.1, -0.05) is 13.8 Å². The molecule has 2 aromatic rings. The van der Waals surface area contributed by atoms with Crippen LogP contribution in [0.5, 0.6) is 0 Å². The van der Waals surface area contributed by atoms with E-state index in [9.17, 15) is 4.79 Å². The number of aryl methyl sites for hydroxylation is 1. The van der Waals surface area contributed by atoms with Gasteiger partial charge in [-0.2, -0.15) is 5.10 Å². The Balaban J connectivity index is 2.14. The molecular formula is C13H16N4O. The van der Waals surface area contributed by atoms with E-state index in [0.717, 1.165) is 5.56 Å². The third kappa shape index (κ3) is 2.74. The maximum atomic E-state index is 11.9. The lowest BCUT2D eigenvalue weighted by atomic mass is 10.1. The van der Waals surface area contributed by atoms with Gasteiger partial charge in [-0.3, -0.25) is 9.48 Å². The van der Waals surface area contributed by atoms with Gasteiger partial charge in [0.25, 0.3) is 5.91 Å². The molecule has 5 nitrogen and oxygen atoms in total. The van der Waals surface area contributed by atoms with Crippen LogP contribution in [0, 0.1) is 0 Å². The SMILES string of the molecule is CC(C)c1ccnc(NC(=O)c2ccn(C)n2)c1. The molecule has 0 spiro atoms. The van der Waals surface area contributed by atoms with Crippen molar-refractivity contribution in [2.75, 3.05) is 5.32 Å². The number of carbonyl (C=O) groups is 1. The molecule has 2 rings (SSSR count). The summed E-state index contributed by atoms with van der Waals surface area (Å²) in [6, 6.07) is 5.49. The lowest BCUT2D eigenvalue weighted by Gasteiger charge is -2.07. The zero-order chi connectivity index (χ0) is 13.1. The molecule has 94 valence electrons. The maximum absolute atomic E-state index is 11.9. The highest BCUT2D eigenvalue weighted by Gasteiger charge is 2.10. The normalized spacial score (nSPS) is 10.7. The maximum Gasteiger partial charge on any atom is 0.277 e. The predicted molar refractivity (Wildman–Crippen MR) is 69.5 cm³/mol. The number of amides is 1. The van der Waals surface area contributed by atoms with Crippen LogP contribution in [0.15, 0.2) is 30.6 Å². The Kier molecular flexibility index (Phi) is 3.41. The van der Waals surface area contributed by atoms with Crippen LogP contribution >= 0.6 is 0 Å². The summed E-state index contributed by atoms with van der Waals surface area (Å²) in [5.74, 6) is 0.708. The van der Waals surface area contributed by atoms with Crippen molar-refractivity contribution >= 4 is 11.7 Å². The Labute approximate surface area is 106 Å². The number of hydrogen-bond donors (Lipinski definition) is 1. The second-order valence-corrected chi connectivity index (χ2v) is 4.46. The molecule has 1 N–H and O–H groups in total. The molecule has 18 heavy (non-hydrogen) atoms. The quantitative estimate of drug-likeness (QED) is 0.900. The largest absolute Gasteiger partial charge is 0.305 e. The van der Waals surface area contributed by atoms with E-state index in [1.165, 1.54) is 0 Å². The van der Waals surface area contributed by atoms with E-state index in [2.05, 4.69) is 29.2 Å². The molecule has 2 aromatic heterocycles. The zero-order valence-electron chi connectivity index (χ0n) is 10.7. The van der Waals surface area contributed by atoms with Crippen LogP contribution in [0.2, 0.25) is 0 Å². The molecule has 0 aromatic carbocycles. The predicted octanol–water partition coefficient (Wildman–Crippen LogP) is 2.19. The Bertz CT molecular complexity index is 560. The monoisotopic (exact) mass is 244 g/mol. The highest BCUT2D eigenvalue weighted by atomic mass is 16.2. The van der Waals surface area contributed by atoms with Crippen LogP contribution in [-0.4, -0.2) is 20.7 Å². The molecule has 0 aliphatic heterocycles. The van der Waals surface area contributed by atoms with Crippen LogP contribution in [0.3, 0.4) is 0 Å². The number of aromatic nitrogens is 3. The van der Waals surface area contributed by atoms with E-state index in [1.54, 1.807) is 30.2 Å². The molecule has 0 radical (unpaired) electrons. The summed E-state index contributed by atoms with van der Waals surface area (Å²) in [6.45, 7) is 4.19. The van der Waals surface area contributed by atoms with E-state index in [-0.39, 0.29) is 5.91 Å². The minimum Gasteiger partial charge on any atom is -0.305 e. The van der Waals surface area contributed by atoms with Crippen LogP contribution in [-0.2, 0) is 7.05 Å². The fourth-order valence-electron chi connectivity index (χ4n) is 1.59. The minimum atomic E-state index is -0.246. The summed E-state index contributed by atoms with van der Waals surface area (Å²) in [6.07, 6.45) is 3.43. The smallest absolute Gasteiger partial charge is 0.277 e. The Morgan fingerprint density at radius 2 is 2.17 bits per heavy atom. The summed E-state index contributed by atoms with van der Waals surface area (Å²) in [7, 11) is 1.77. The van der Waals surface area contributed by atoms with Crippen molar-refractivity contribution in [1.82, 2.24) is 14.8 Å². The average Bonchev–Trinajstić information content (AvgIpc) is 2.76. The molecule has 2 heterocycles. The van der Waals surface area contributed by atoms with Crippen LogP contribution in [0.25, 0.3) is 0 Å². The van der Waals surface area contributed by atoms with Crippen molar-refractivity contribution in [1.29, 1.82) is 0 Å². The highest BCUT2D eigenvalue weighted by Crippen LogP contribution is 2.16. The van der Waals surface area contributed by atoms with Gasteiger partial charge in [0.05, 0.1) is 0 Å². The molecule has 0 aliphatic carbocycles. The molecule has 0 atom stereocenters. The van der Waals surface area contributed by atoms with E-state index >= 15 is 0 Å². The Morgan fingerprint density at radius 3 is 2.78 bits per heavy atom. The number of carbonyl (C=O) groups excluding carboxylic acids is 1. The number of anilines is 1. The summed E-state index contributed by atoms with van der Waals surface area (Å²) in [5, 5.41) is 6.78. The van der Waals surface area contributed by atoms with Crippen molar-refractivity contribution in [2.24, 2.45) is 7.05 Å². The summed E-state index contributed by atoms with van der Waals surface area (Å²) < 4.78 is 1.59. The topological polar surface area (TPSA) is 59.8 Å². The fourth-order valence-corrected chi connectivity index (χ4v) is 1.59. The molecule has 0 saturated carbocycles. The van der Waals surface area contributed by atoms with E-state index in [0.29, 0.717) is 17.4 Å². The van der Waals surface area contributed by atoms with Gasteiger partial charge in [-0.05, 0) is 29.7 Å². The number of rotatable bonds is 3. The van der Waals surface area contributed by atoms with Gasteiger partial charge in [0.1, 0.15) is 5.82 Å². The molecule has 0 bridgehead atoms. The van der Waals surface area contributed by atoms with Gasteiger partial charge in [0.15, 0.2) is 5.69 Å². The fraction of sp³-hybridized carbons (Fsp3) is 0.308. The van der Waals surface area contributed by atoms with E-state index in [1.807, 2.05) is 12.1 Å². The van der Waals surface area contributed by atoms with Crippen LogP contribution < -0.4 is 5.32 Å². The average molecular weight is 244 g/mol. The number of nitrogens with zero attached hydrogens (tertiary/aromatic N) is 3. The van der Waals surface area contributed by atoms with Crippen molar-refractivity contribution in [3.63, 3.8) is 0 Å². The molecule has 0 aliphatic rings. The van der Waals surface area contributed by atoms with Crippen molar-refractivity contribution < 1.29 is 4.79 Å². The third-order valence-electron chi connectivity index (χ3n) is 2.64. The molecule has 0 unspecified atom stereocenters. The Morgan fingerprint density at radius 1 is 1.39 bits per heavy atom. The van der Waals surface area contributed by atoms with Crippen molar-refractivity contribution in [3.8, 4) is 0 Å². The Hall–Kier alpha value is -2.17.